The first-order valence-corrected chi connectivity index (χ1v) is 12.0. The highest BCUT2D eigenvalue weighted by molar-refractivity contribution is 5.98. The predicted octanol–water partition coefficient (Wildman–Crippen LogP) is 6.28. The molecule has 0 bridgehead atoms. The smallest absolute Gasteiger partial charge is 0.413 e. The van der Waals surface area contributed by atoms with Crippen LogP contribution in [0.2, 0.25) is 0 Å². The van der Waals surface area contributed by atoms with Crippen molar-refractivity contribution in [1.82, 2.24) is 14.8 Å². The summed E-state index contributed by atoms with van der Waals surface area (Å²) in [5, 5.41) is 33.0. The van der Waals surface area contributed by atoms with Crippen LogP contribution in [0.3, 0.4) is 0 Å². The Bertz CT molecular complexity index is 1360. The van der Waals surface area contributed by atoms with Gasteiger partial charge in [-0.2, -0.15) is 0 Å². The van der Waals surface area contributed by atoms with E-state index in [1.807, 2.05) is 6.07 Å². The number of carbonyl (C=O) groups is 2. The minimum absolute atomic E-state index is 0.104. The second kappa shape index (κ2) is 10.3. The Balaban J connectivity index is 2.13. The molecule has 0 saturated carbocycles. The van der Waals surface area contributed by atoms with Crippen molar-refractivity contribution in [3.63, 3.8) is 0 Å². The van der Waals surface area contributed by atoms with Crippen LogP contribution in [0.25, 0.3) is 22.2 Å². The number of aromatic nitrogens is 1. The number of rotatable bonds is 8. The molecule has 0 aliphatic carbocycles. The molecule has 11 heteroatoms. The van der Waals surface area contributed by atoms with Gasteiger partial charge in [-0.3, -0.25) is 19.9 Å². The van der Waals surface area contributed by atoms with Crippen molar-refractivity contribution in [3.8, 4) is 11.3 Å². The molecular formula is C26H28N4O7. The summed E-state index contributed by atoms with van der Waals surface area (Å²) in [4.78, 5) is 42.0. The van der Waals surface area contributed by atoms with Crippen molar-refractivity contribution in [2.45, 2.75) is 46.4 Å². The minimum atomic E-state index is -1.31. The molecule has 0 atom stereocenters. The predicted molar refractivity (Wildman–Crippen MR) is 136 cm³/mol. The van der Waals surface area contributed by atoms with Gasteiger partial charge in [0, 0.05) is 35.0 Å². The summed E-state index contributed by atoms with van der Waals surface area (Å²) >= 11 is 0. The van der Waals surface area contributed by atoms with Crippen LogP contribution in [0.4, 0.5) is 15.3 Å². The van der Waals surface area contributed by atoms with E-state index in [4.69, 9.17) is 4.74 Å². The molecule has 2 amide bonds. The lowest BCUT2D eigenvalue weighted by atomic mass is 10.00. The molecule has 4 rings (SSSR count). The molecule has 3 N–H and O–H groups in total. The monoisotopic (exact) mass is 508 g/mol. The number of H-pyrrole nitrogens is 1. The third-order valence-electron chi connectivity index (χ3n) is 6.46. The Morgan fingerprint density at radius 3 is 2.11 bits per heavy atom. The van der Waals surface area contributed by atoms with Crippen molar-refractivity contribution < 1.29 is 29.5 Å². The SMILES string of the molecule is CCOCc1cc([N+](=O)[O-])c2[nH]c(-c3ccccc3)c(C3N(C(=O)O)C(CC)=C(CC)N3C(=O)O)c2c1. The van der Waals surface area contributed by atoms with Crippen molar-refractivity contribution in [2.24, 2.45) is 0 Å². The highest BCUT2D eigenvalue weighted by atomic mass is 16.6. The number of amides is 2. The summed E-state index contributed by atoms with van der Waals surface area (Å²) in [7, 11) is 0. The van der Waals surface area contributed by atoms with E-state index in [1.165, 1.54) is 6.07 Å². The number of fused-ring (bicyclic) bond motifs is 1. The topological polar surface area (TPSA) is 149 Å². The van der Waals surface area contributed by atoms with Gasteiger partial charge in [0.2, 0.25) is 0 Å². The average Bonchev–Trinajstić information content (AvgIpc) is 3.42. The van der Waals surface area contributed by atoms with E-state index in [1.54, 1.807) is 51.1 Å². The zero-order chi connectivity index (χ0) is 26.9. The number of nitrogens with one attached hydrogen (secondary N) is 1. The normalized spacial score (nSPS) is 14.1. The second-order valence-electron chi connectivity index (χ2n) is 8.49. The fourth-order valence-electron chi connectivity index (χ4n) is 5.04. The first kappa shape index (κ1) is 25.7. The number of carboxylic acid groups (broad SMARTS) is 2. The number of hydrogen-bond donors (Lipinski definition) is 3. The number of benzene rings is 2. The van der Waals surface area contributed by atoms with Crippen LogP contribution in [-0.2, 0) is 11.3 Å². The molecular weight excluding hydrogens is 480 g/mol. The van der Waals surface area contributed by atoms with Gasteiger partial charge in [0.15, 0.2) is 6.17 Å². The molecule has 3 aromatic rings. The highest BCUT2D eigenvalue weighted by Gasteiger charge is 2.47. The van der Waals surface area contributed by atoms with Crippen molar-refractivity contribution in [2.75, 3.05) is 6.61 Å². The molecule has 1 aromatic heterocycles. The Labute approximate surface area is 212 Å². The van der Waals surface area contributed by atoms with Crippen LogP contribution in [0.1, 0.15) is 50.9 Å². The van der Waals surface area contributed by atoms with Gasteiger partial charge >= 0.3 is 12.2 Å². The molecule has 1 aliphatic heterocycles. The van der Waals surface area contributed by atoms with E-state index < -0.39 is 23.3 Å². The fraction of sp³-hybridized carbons (Fsp3) is 0.308. The maximum absolute atomic E-state index is 12.6. The minimum Gasteiger partial charge on any atom is -0.465 e. The van der Waals surface area contributed by atoms with Crippen LogP contribution in [-0.4, -0.2) is 48.7 Å². The van der Waals surface area contributed by atoms with Gasteiger partial charge in [0.25, 0.3) is 5.69 Å². The van der Waals surface area contributed by atoms with Crippen LogP contribution < -0.4 is 0 Å². The lowest BCUT2D eigenvalue weighted by Crippen LogP contribution is -2.38. The lowest BCUT2D eigenvalue weighted by Gasteiger charge is -2.30. The van der Waals surface area contributed by atoms with Gasteiger partial charge in [-0.1, -0.05) is 44.2 Å². The Kier molecular flexibility index (Phi) is 7.16. The standard InChI is InChI=1S/C26H28N4O7/c1-4-18-19(5-2)29(26(33)34)24(28(18)25(31)32)21-17-12-15(14-37-6-3)13-20(30(35)36)23(17)27-22(21)16-10-8-7-9-11-16/h7-13,24,27H,4-6,14H2,1-3H3,(H,31,32)(H,33,34). The second-order valence-corrected chi connectivity index (χ2v) is 8.49. The molecule has 0 unspecified atom stereocenters. The Morgan fingerprint density at radius 1 is 1.03 bits per heavy atom. The summed E-state index contributed by atoms with van der Waals surface area (Å²) < 4.78 is 5.50. The summed E-state index contributed by atoms with van der Waals surface area (Å²) in [6, 6.07) is 12.0. The molecule has 37 heavy (non-hydrogen) atoms. The van der Waals surface area contributed by atoms with E-state index in [9.17, 15) is 29.9 Å². The van der Waals surface area contributed by atoms with Crippen LogP contribution >= 0.6 is 0 Å². The summed E-state index contributed by atoms with van der Waals surface area (Å²) in [6.07, 6.45) is -3.34. The van der Waals surface area contributed by atoms with Crippen molar-refractivity contribution in [1.29, 1.82) is 0 Å². The number of non-ortho nitro benzene ring substituents is 1. The molecule has 0 saturated heterocycles. The molecule has 11 nitrogen and oxygen atoms in total. The number of hydrogen-bond acceptors (Lipinski definition) is 5. The summed E-state index contributed by atoms with van der Waals surface area (Å²) in [6.45, 7) is 5.84. The number of ether oxygens (including phenoxy) is 1. The van der Waals surface area contributed by atoms with Gasteiger partial charge in [-0.25, -0.2) is 9.59 Å². The molecule has 2 heterocycles. The molecule has 2 aromatic carbocycles. The lowest BCUT2D eigenvalue weighted by molar-refractivity contribution is -0.383. The summed E-state index contributed by atoms with van der Waals surface area (Å²) in [5.41, 5.74) is 2.58. The molecule has 194 valence electrons. The first-order valence-electron chi connectivity index (χ1n) is 12.0. The van der Waals surface area contributed by atoms with E-state index >= 15 is 0 Å². The van der Waals surface area contributed by atoms with Gasteiger partial charge in [-0.15, -0.1) is 0 Å². The quantitative estimate of drug-likeness (QED) is 0.239. The maximum atomic E-state index is 12.6. The van der Waals surface area contributed by atoms with Crippen LogP contribution in [0.5, 0.6) is 0 Å². The van der Waals surface area contributed by atoms with E-state index in [-0.39, 0.29) is 30.7 Å². The summed E-state index contributed by atoms with van der Waals surface area (Å²) in [5.74, 6) is 0. The van der Waals surface area contributed by atoms with E-state index in [0.29, 0.717) is 45.8 Å². The number of aromatic amines is 1. The third kappa shape index (κ3) is 4.38. The largest absolute Gasteiger partial charge is 0.465 e. The van der Waals surface area contributed by atoms with Crippen LogP contribution in [0, 0.1) is 10.1 Å². The van der Waals surface area contributed by atoms with Crippen LogP contribution in [0.15, 0.2) is 53.9 Å². The highest BCUT2D eigenvalue weighted by Crippen LogP contribution is 2.48. The number of allylic oxidation sites excluding steroid dienone is 2. The Morgan fingerprint density at radius 2 is 1.62 bits per heavy atom. The van der Waals surface area contributed by atoms with Gasteiger partial charge in [-0.05, 0) is 37.0 Å². The van der Waals surface area contributed by atoms with E-state index in [0.717, 1.165) is 9.80 Å². The van der Waals surface area contributed by atoms with Gasteiger partial charge in [0.1, 0.15) is 5.52 Å². The zero-order valence-corrected chi connectivity index (χ0v) is 20.7. The fourth-order valence-corrected chi connectivity index (χ4v) is 5.04. The van der Waals surface area contributed by atoms with Gasteiger partial charge < -0.3 is 19.9 Å². The average molecular weight is 509 g/mol. The van der Waals surface area contributed by atoms with E-state index in [2.05, 4.69) is 4.98 Å². The molecule has 1 aliphatic rings. The first-order chi connectivity index (χ1) is 17.7. The van der Waals surface area contributed by atoms with Gasteiger partial charge in [0.05, 0.1) is 17.2 Å². The zero-order valence-electron chi connectivity index (χ0n) is 20.7. The maximum Gasteiger partial charge on any atom is 0.413 e. The molecule has 0 spiro atoms. The number of nitro benzene ring substituents is 1. The van der Waals surface area contributed by atoms with Crippen molar-refractivity contribution in [3.05, 3.63) is 75.1 Å². The molecule has 0 fully saturated rings. The number of nitrogens with zero attached hydrogens (tertiary/aromatic N) is 3. The van der Waals surface area contributed by atoms with Crippen molar-refractivity contribution >= 4 is 28.8 Å². The third-order valence-corrected chi connectivity index (χ3v) is 6.46. The number of nitro groups is 1. The Hall–Kier alpha value is -4.38. The molecule has 0 radical (unpaired) electrons.